The van der Waals surface area contributed by atoms with E-state index in [0.717, 1.165) is 5.39 Å². The predicted molar refractivity (Wildman–Crippen MR) is 72.8 cm³/mol. The predicted octanol–water partition coefficient (Wildman–Crippen LogP) is 0.415. The van der Waals surface area contributed by atoms with Gasteiger partial charge >= 0.3 is 0 Å². The highest BCUT2D eigenvalue weighted by molar-refractivity contribution is 5.92. The third-order valence-electron chi connectivity index (χ3n) is 2.57. The number of benzene rings is 1. The minimum Gasteiger partial charge on any atom is -0.380 e. The fourth-order valence-electron chi connectivity index (χ4n) is 1.73. The first kappa shape index (κ1) is 13.7. The number of nitrogens with two attached hydrogens (primary N) is 1. The Balaban J connectivity index is 2.12. The molecule has 20 heavy (non-hydrogen) atoms. The fraction of sp³-hybridized carbons (Fsp3) is 0.231. The van der Waals surface area contributed by atoms with Crippen molar-refractivity contribution in [3.63, 3.8) is 0 Å². The minimum absolute atomic E-state index is 0.123. The molecule has 3 N–H and O–H groups in total. The molecule has 0 atom stereocenters. The van der Waals surface area contributed by atoms with Gasteiger partial charge in [0.1, 0.15) is 12.7 Å². The number of hydrogen-bond donors (Lipinski definition) is 2. The van der Waals surface area contributed by atoms with Gasteiger partial charge in [-0.05, 0) is 6.07 Å². The highest BCUT2D eigenvalue weighted by Gasteiger charge is 2.09. The summed E-state index contributed by atoms with van der Waals surface area (Å²) in [4.78, 5) is 10.5. The molecule has 0 aliphatic carbocycles. The largest absolute Gasteiger partial charge is 0.380 e. The number of nitrogens with one attached hydrogen (secondary N) is 1. The lowest BCUT2D eigenvalue weighted by Crippen LogP contribution is -2.20. The molecule has 0 radical (unpaired) electrons. The van der Waals surface area contributed by atoms with Gasteiger partial charge in [0, 0.05) is 11.9 Å². The highest BCUT2D eigenvalue weighted by atomic mass is 16.5. The molecule has 0 aliphatic heterocycles. The van der Waals surface area contributed by atoms with Crippen molar-refractivity contribution in [2.24, 2.45) is 5.73 Å². The standard InChI is InChI=1S/C13H13N5O2/c14-7-11-13(16-5-6-20-8-12(15)19)9-3-1-2-4-10(9)17-18-11/h1-4H,5-6,8H2,(H2,15,19)(H,16,17). The maximum absolute atomic E-state index is 10.5. The summed E-state index contributed by atoms with van der Waals surface area (Å²) >= 11 is 0. The van der Waals surface area contributed by atoms with E-state index in [0.29, 0.717) is 24.4 Å². The molecule has 0 fully saturated rings. The van der Waals surface area contributed by atoms with Crippen LogP contribution >= 0.6 is 0 Å². The van der Waals surface area contributed by atoms with Gasteiger partial charge in [0.2, 0.25) is 5.91 Å². The summed E-state index contributed by atoms with van der Waals surface area (Å²) in [5, 5.41) is 20.8. The van der Waals surface area contributed by atoms with E-state index in [1.165, 1.54) is 0 Å². The normalized spacial score (nSPS) is 10.2. The van der Waals surface area contributed by atoms with Gasteiger partial charge < -0.3 is 15.8 Å². The lowest BCUT2D eigenvalue weighted by atomic mass is 10.1. The van der Waals surface area contributed by atoms with E-state index in [9.17, 15) is 4.79 Å². The van der Waals surface area contributed by atoms with Crippen molar-refractivity contribution >= 4 is 22.5 Å². The van der Waals surface area contributed by atoms with Crippen molar-refractivity contribution in [3.05, 3.63) is 30.0 Å². The molecule has 1 heterocycles. The first-order chi connectivity index (χ1) is 9.72. The molecule has 0 spiro atoms. The molecule has 1 amide bonds. The van der Waals surface area contributed by atoms with E-state index < -0.39 is 5.91 Å². The van der Waals surface area contributed by atoms with E-state index in [1.807, 2.05) is 30.3 Å². The number of carbonyl (C=O) groups excluding carboxylic acids is 1. The van der Waals surface area contributed by atoms with E-state index in [1.54, 1.807) is 0 Å². The van der Waals surface area contributed by atoms with Gasteiger partial charge in [0.15, 0.2) is 5.69 Å². The number of carbonyl (C=O) groups is 1. The highest BCUT2D eigenvalue weighted by Crippen LogP contribution is 2.23. The SMILES string of the molecule is N#Cc1nnc2ccccc2c1NCCOCC(N)=O. The quantitative estimate of drug-likeness (QED) is 0.736. The summed E-state index contributed by atoms with van der Waals surface area (Å²) in [5.74, 6) is -0.515. The van der Waals surface area contributed by atoms with Crippen LogP contribution in [-0.2, 0) is 9.53 Å². The molecular formula is C13H13N5O2. The third-order valence-corrected chi connectivity index (χ3v) is 2.57. The Morgan fingerprint density at radius 2 is 2.20 bits per heavy atom. The van der Waals surface area contributed by atoms with E-state index in [2.05, 4.69) is 15.5 Å². The van der Waals surface area contributed by atoms with Gasteiger partial charge in [-0.25, -0.2) is 0 Å². The smallest absolute Gasteiger partial charge is 0.243 e. The summed E-state index contributed by atoms with van der Waals surface area (Å²) in [6, 6.07) is 9.38. The van der Waals surface area contributed by atoms with Crippen LogP contribution in [-0.4, -0.2) is 35.9 Å². The van der Waals surface area contributed by atoms with Crippen molar-refractivity contribution < 1.29 is 9.53 Å². The second-order valence-corrected chi connectivity index (χ2v) is 4.00. The van der Waals surface area contributed by atoms with Crippen LogP contribution in [0.25, 0.3) is 10.9 Å². The average Bonchev–Trinajstić information content (AvgIpc) is 2.46. The van der Waals surface area contributed by atoms with Crippen LogP contribution in [0.2, 0.25) is 0 Å². The Morgan fingerprint density at radius 1 is 1.40 bits per heavy atom. The maximum atomic E-state index is 10.5. The number of primary amides is 1. The first-order valence-corrected chi connectivity index (χ1v) is 5.98. The van der Waals surface area contributed by atoms with Gasteiger partial charge in [-0.15, -0.1) is 10.2 Å². The van der Waals surface area contributed by atoms with E-state index in [-0.39, 0.29) is 12.3 Å². The average molecular weight is 271 g/mol. The van der Waals surface area contributed by atoms with Gasteiger partial charge in [0.05, 0.1) is 17.8 Å². The zero-order valence-electron chi connectivity index (χ0n) is 10.7. The zero-order chi connectivity index (χ0) is 14.4. The number of nitriles is 1. The maximum Gasteiger partial charge on any atom is 0.243 e. The lowest BCUT2D eigenvalue weighted by molar-refractivity contribution is -0.122. The Bertz CT molecular complexity index is 665. The van der Waals surface area contributed by atoms with Crippen LogP contribution < -0.4 is 11.1 Å². The number of ether oxygens (including phenoxy) is 1. The van der Waals surface area contributed by atoms with Crippen LogP contribution in [0.1, 0.15) is 5.69 Å². The molecule has 102 valence electrons. The first-order valence-electron chi connectivity index (χ1n) is 5.98. The van der Waals surface area contributed by atoms with Gasteiger partial charge in [-0.3, -0.25) is 4.79 Å². The second kappa shape index (κ2) is 6.45. The molecule has 0 saturated heterocycles. The van der Waals surface area contributed by atoms with Crippen LogP contribution in [0.3, 0.4) is 0 Å². The molecule has 0 saturated carbocycles. The number of hydrogen-bond acceptors (Lipinski definition) is 6. The molecule has 2 aromatic rings. The number of anilines is 1. The lowest BCUT2D eigenvalue weighted by Gasteiger charge is -2.10. The Kier molecular flexibility index (Phi) is 4.42. The molecule has 0 bridgehead atoms. The number of nitrogens with zero attached hydrogens (tertiary/aromatic N) is 3. The van der Waals surface area contributed by atoms with Gasteiger partial charge in [0.25, 0.3) is 0 Å². The Morgan fingerprint density at radius 3 is 2.95 bits per heavy atom. The van der Waals surface area contributed by atoms with Crippen molar-refractivity contribution in [1.29, 1.82) is 5.26 Å². The monoisotopic (exact) mass is 271 g/mol. The molecule has 0 unspecified atom stereocenters. The molecule has 7 nitrogen and oxygen atoms in total. The number of aromatic nitrogens is 2. The number of amides is 1. The summed E-state index contributed by atoms with van der Waals surface area (Å²) in [5.41, 5.74) is 6.49. The van der Waals surface area contributed by atoms with Crippen molar-refractivity contribution in [1.82, 2.24) is 10.2 Å². The van der Waals surface area contributed by atoms with Crippen molar-refractivity contribution in [2.75, 3.05) is 25.1 Å². The number of fused-ring (bicyclic) bond motifs is 1. The van der Waals surface area contributed by atoms with Gasteiger partial charge in [-0.2, -0.15) is 5.26 Å². The summed E-state index contributed by atoms with van der Waals surface area (Å²) < 4.78 is 5.05. The molecule has 2 rings (SSSR count). The third kappa shape index (κ3) is 3.18. The number of rotatable bonds is 6. The summed E-state index contributed by atoms with van der Waals surface area (Å²) in [6.07, 6.45) is 0. The summed E-state index contributed by atoms with van der Waals surface area (Å²) in [7, 11) is 0. The minimum atomic E-state index is -0.515. The van der Waals surface area contributed by atoms with Gasteiger partial charge in [-0.1, -0.05) is 18.2 Å². The Labute approximate surface area is 115 Å². The topological polar surface area (TPSA) is 114 Å². The molecule has 0 aliphatic rings. The molecule has 1 aromatic heterocycles. The zero-order valence-corrected chi connectivity index (χ0v) is 10.7. The van der Waals surface area contributed by atoms with Crippen LogP contribution in [0, 0.1) is 11.3 Å². The van der Waals surface area contributed by atoms with E-state index in [4.69, 9.17) is 15.7 Å². The second-order valence-electron chi connectivity index (χ2n) is 4.00. The Hall–Kier alpha value is -2.72. The molecular weight excluding hydrogens is 258 g/mol. The van der Waals surface area contributed by atoms with Crippen molar-refractivity contribution in [2.45, 2.75) is 0 Å². The van der Waals surface area contributed by atoms with E-state index >= 15 is 0 Å². The fourth-order valence-corrected chi connectivity index (χ4v) is 1.73. The van der Waals surface area contributed by atoms with Crippen molar-refractivity contribution in [3.8, 4) is 6.07 Å². The van der Waals surface area contributed by atoms with Crippen LogP contribution in [0.5, 0.6) is 0 Å². The van der Waals surface area contributed by atoms with Crippen LogP contribution in [0.4, 0.5) is 5.69 Å². The summed E-state index contributed by atoms with van der Waals surface area (Å²) in [6.45, 7) is 0.601. The molecule has 1 aromatic carbocycles. The molecule has 7 heteroatoms. The van der Waals surface area contributed by atoms with Crippen LogP contribution in [0.15, 0.2) is 24.3 Å².